The summed E-state index contributed by atoms with van der Waals surface area (Å²) < 4.78 is 3.01. The van der Waals surface area contributed by atoms with Gasteiger partial charge in [-0.25, -0.2) is 9.48 Å². The van der Waals surface area contributed by atoms with Crippen molar-refractivity contribution >= 4 is 28.3 Å². The van der Waals surface area contributed by atoms with Gasteiger partial charge in [0.25, 0.3) is 0 Å². The topological polar surface area (TPSA) is 68.9 Å². The summed E-state index contributed by atoms with van der Waals surface area (Å²) in [5, 5.41) is 9.71. The third-order valence-electron chi connectivity index (χ3n) is 5.53. The van der Waals surface area contributed by atoms with Crippen molar-refractivity contribution in [3.05, 3.63) is 64.3 Å². The van der Waals surface area contributed by atoms with Crippen LogP contribution < -0.4 is 11.0 Å². The Morgan fingerprint density at radius 3 is 2.66 bits per heavy atom. The predicted octanol–water partition coefficient (Wildman–Crippen LogP) is 3.75. The molecule has 1 amide bonds. The largest absolute Gasteiger partial charge is 0.348 e. The molecule has 7 heteroatoms. The first-order valence-corrected chi connectivity index (χ1v) is 10.6. The average Bonchev–Trinajstić information content (AvgIpc) is 3.50. The van der Waals surface area contributed by atoms with Crippen LogP contribution in [0.3, 0.4) is 0 Å². The molecular formula is C22H25ClN4O2. The quantitative estimate of drug-likeness (QED) is 0.601. The van der Waals surface area contributed by atoms with Gasteiger partial charge in [0, 0.05) is 18.3 Å². The highest BCUT2D eigenvalue weighted by Gasteiger charge is 2.32. The highest BCUT2D eigenvalue weighted by atomic mass is 35.5. The van der Waals surface area contributed by atoms with Crippen molar-refractivity contribution in [2.75, 3.05) is 5.88 Å². The summed E-state index contributed by atoms with van der Waals surface area (Å²) >= 11 is 5.88. The molecular weight excluding hydrogens is 388 g/mol. The van der Waals surface area contributed by atoms with Gasteiger partial charge in [-0.15, -0.1) is 11.6 Å². The number of amides is 1. The summed E-state index contributed by atoms with van der Waals surface area (Å²) in [6.45, 7) is 3.66. The lowest BCUT2D eigenvalue weighted by Crippen LogP contribution is -2.38. The van der Waals surface area contributed by atoms with Crippen LogP contribution in [-0.2, 0) is 11.2 Å². The zero-order valence-electron chi connectivity index (χ0n) is 16.6. The fraction of sp³-hybridized carbons (Fsp3) is 0.409. The molecule has 1 aromatic heterocycles. The Morgan fingerprint density at radius 1 is 1.21 bits per heavy atom. The van der Waals surface area contributed by atoms with Crippen molar-refractivity contribution < 1.29 is 4.79 Å². The molecule has 0 saturated heterocycles. The van der Waals surface area contributed by atoms with Crippen molar-refractivity contribution in [3.63, 3.8) is 0 Å². The molecule has 1 N–H and O–H groups in total. The van der Waals surface area contributed by atoms with E-state index < -0.39 is 6.04 Å². The minimum atomic E-state index is -0.700. The Morgan fingerprint density at radius 2 is 1.93 bits per heavy atom. The van der Waals surface area contributed by atoms with Gasteiger partial charge in [-0.3, -0.25) is 9.36 Å². The van der Waals surface area contributed by atoms with Gasteiger partial charge in [-0.2, -0.15) is 5.10 Å². The number of benzene rings is 2. The number of carbonyl (C=O) groups is 1. The number of nitrogens with one attached hydrogen (secondary N) is 1. The van der Waals surface area contributed by atoms with E-state index in [2.05, 4.69) is 28.6 Å². The van der Waals surface area contributed by atoms with Crippen LogP contribution in [0.4, 0.5) is 0 Å². The van der Waals surface area contributed by atoms with E-state index in [4.69, 9.17) is 11.6 Å². The van der Waals surface area contributed by atoms with Gasteiger partial charge in [0.2, 0.25) is 5.91 Å². The van der Waals surface area contributed by atoms with Crippen LogP contribution >= 0.6 is 11.6 Å². The van der Waals surface area contributed by atoms with Crippen LogP contribution in [0.1, 0.15) is 56.2 Å². The van der Waals surface area contributed by atoms with Gasteiger partial charge in [0.15, 0.2) is 0 Å². The van der Waals surface area contributed by atoms with E-state index in [1.807, 2.05) is 31.2 Å². The molecule has 0 aliphatic heterocycles. The smallest absolute Gasteiger partial charge is 0.346 e. The van der Waals surface area contributed by atoms with Crippen molar-refractivity contribution in [2.24, 2.45) is 0 Å². The van der Waals surface area contributed by atoms with Crippen LogP contribution in [0.5, 0.6) is 0 Å². The van der Waals surface area contributed by atoms with Crippen LogP contribution in [0.25, 0.3) is 10.8 Å². The first kappa shape index (κ1) is 19.7. The van der Waals surface area contributed by atoms with Gasteiger partial charge in [0.05, 0.1) is 6.04 Å². The second-order valence-electron chi connectivity index (χ2n) is 7.66. The number of nitrogens with zero attached hydrogens (tertiary/aromatic N) is 3. The first-order valence-electron chi connectivity index (χ1n) is 10.0. The summed E-state index contributed by atoms with van der Waals surface area (Å²) in [5.41, 5.74) is 0.815. The molecule has 2 atom stereocenters. The van der Waals surface area contributed by atoms with E-state index in [1.165, 1.54) is 4.68 Å². The number of fused-ring (bicyclic) bond motifs is 1. The molecule has 0 radical (unpaired) electrons. The molecule has 0 spiro atoms. The highest BCUT2D eigenvalue weighted by molar-refractivity contribution is 6.17. The minimum absolute atomic E-state index is 0.194. The lowest BCUT2D eigenvalue weighted by atomic mass is 9.99. The Hall–Kier alpha value is -2.60. The zero-order chi connectivity index (χ0) is 20.5. The van der Waals surface area contributed by atoms with E-state index in [0.29, 0.717) is 18.1 Å². The molecule has 1 saturated carbocycles. The van der Waals surface area contributed by atoms with Crippen molar-refractivity contribution in [1.82, 2.24) is 19.7 Å². The normalized spacial score (nSPS) is 16.0. The molecule has 3 aromatic rings. The molecule has 2 aromatic carbocycles. The summed E-state index contributed by atoms with van der Waals surface area (Å²) in [6.07, 6.45) is 2.46. The number of hydrogen-bond acceptors (Lipinski definition) is 3. The minimum Gasteiger partial charge on any atom is -0.348 e. The van der Waals surface area contributed by atoms with Crippen molar-refractivity contribution in [1.29, 1.82) is 0 Å². The monoisotopic (exact) mass is 412 g/mol. The summed E-state index contributed by atoms with van der Waals surface area (Å²) in [6, 6.07) is 13.5. The molecule has 1 aliphatic carbocycles. The second kappa shape index (κ2) is 8.03. The summed E-state index contributed by atoms with van der Waals surface area (Å²) in [4.78, 5) is 25.8. The fourth-order valence-corrected chi connectivity index (χ4v) is 3.96. The third-order valence-corrected chi connectivity index (χ3v) is 5.72. The average molecular weight is 413 g/mol. The van der Waals surface area contributed by atoms with Crippen LogP contribution in [0.15, 0.2) is 47.3 Å². The standard InChI is InChI=1S/C22H25ClN4O2/c1-14(18-9-5-7-16-6-3-4-8-19(16)18)24-21(28)15(2)27-22(29)26(17-10-11-17)20(25-27)12-13-23/h3-9,14-15,17H,10-13H2,1-2H3,(H,24,28)/t14-,15?/m0/s1. The van der Waals surface area contributed by atoms with E-state index in [9.17, 15) is 9.59 Å². The maximum atomic E-state index is 12.9. The van der Waals surface area contributed by atoms with Gasteiger partial charge in [-0.1, -0.05) is 42.5 Å². The number of carbonyl (C=O) groups excluding carboxylic acids is 1. The van der Waals surface area contributed by atoms with Crippen LogP contribution in [-0.4, -0.2) is 26.1 Å². The van der Waals surface area contributed by atoms with Gasteiger partial charge < -0.3 is 5.32 Å². The van der Waals surface area contributed by atoms with Gasteiger partial charge in [0.1, 0.15) is 11.9 Å². The second-order valence-corrected chi connectivity index (χ2v) is 8.04. The maximum absolute atomic E-state index is 12.9. The molecule has 4 rings (SSSR count). The van der Waals surface area contributed by atoms with Gasteiger partial charge in [-0.05, 0) is 43.0 Å². The van der Waals surface area contributed by atoms with E-state index in [0.717, 1.165) is 29.2 Å². The van der Waals surface area contributed by atoms with Crippen LogP contribution in [0, 0.1) is 0 Å². The van der Waals surface area contributed by atoms with E-state index >= 15 is 0 Å². The lowest BCUT2D eigenvalue weighted by molar-refractivity contribution is -0.124. The number of hydrogen-bond donors (Lipinski definition) is 1. The Kier molecular flexibility index (Phi) is 5.46. The highest BCUT2D eigenvalue weighted by Crippen LogP contribution is 2.34. The molecule has 1 unspecified atom stereocenters. The van der Waals surface area contributed by atoms with Crippen molar-refractivity contribution in [3.8, 4) is 0 Å². The predicted molar refractivity (Wildman–Crippen MR) is 114 cm³/mol. The molecule has 1 aliphatic rings. The Labute approximate surface area is 174 Å². The molecule has 152 valence electrons. The Balaban J connectivity index is 1.57. The SMILES string of the molecule is CC(C(=O)N[C@@H](C)c1cccc2ccccc12)n1nc(CCCl)n(C2CC2)c1=O. The first-order chi connectivity index (χ1) is 14.0. The number of halogens is 1. The number of aryl methyl sites for hydroxylation is 1. The molecule has 29 heavy (non-hydrogen) atoms. The molecule has 6 nitrogen and oxygen atoms in total. The van der Waals surface area contributed by atoms with Gasteiger partial charge >= 0.3 is 5.69 Å². The summed E-state index contributed by atoms with van der Waals surface area (Å²) in [5.74, 6) is 0.821. The molecule has 1 heterocycles. The zero-order valence-corrected chi connectivity index (χ0v) is 17.4. The number of aromatic nitrogens is 3. The summed E-state index contributed by atoms with van der Waals surface area (Å²) in [7, 11) is 0. The van der Waals surface area contributed by atoms with Crippen LogP contribution in [0.2, 0.25) is 0 Å². The maximum Gasteiger partial charge on any atom is 0.346 e. The van der Waals surface area contributed by atoms with E-state index in [1.54, 1.807) is 11.5 Å². The molecule has 0 bridgehead atoms. The number of rotatable bonds is 7. The number of alkyl halides is 1. The Bertz CT molecular complexity index is 1090. The fourth-order valence-electron chi connectivity index (χ4n) is 3.79. The lowest BCUT2D eigenvalue weighted by Gasteiger charge is -2.19. The van der Waals surface area contributed by atoms with E-state index in [-0.39, 0.29) is 23.7 Å². The van der Waals surface area contributed by atoms with Crippen molar-refractivity contribution in [2.45, 2.75) is 51.2 Å². The third kappa shape index (κ3) is 3.81. The molecule has 1 fully saturated rings.